The Labute approximate surface area is 214 Å². The Morgan fingerprint density at radius 1 is 0.971 bits per heavy atom. The van der Waals surface area contributed by atoms with Crippen LogP contribution in [0.4, 0.5) is 0 Å². The molecule has 0 aromatic heterocycles. The molecule has 2 amide bonds. The van der Waals surface area contributed by atoms with Crippen molar-refractivity contribution in [1.82, 2.24) is 10.2 Å². The van der Waals surface area contributed by atoms with Gasteiger partial charge in [-0.3, -0.25) is 9.59 Å². The van der Waals surface area contributed by atoms with Crippen LogP contribution < -0.4 is 10.1 Å². The number of nitrogens with zero attached hydrogens (tertiary/aromatic N) is 1. The first-order valence-electron chi connectivity index (χ1n) is 11.2. The van der Waals surface area contributed by atoms with Crippen LogP contribution in [0, 0.1) is 0 Å². The quantitative estimate of drug-likeness (QED) is 0.340. The average molecular weight is 544 g/mol. The Hall–Kier alpha value is -2.83. The number of ether oxygens (including phenoxy) is 1. The molecule has 0 fully saturated rings. The number of rotatable bonds is 11. The van der Waals surface area contributed by atoms with E-state index in [4.69, 9.17) is 16.3 Å². The van der Waals surface area contributed by atoms with E-state index in [2.05, 4.69) is 21.2 Å². The Kier molecular flexibility index (Phi) is 9.98. The van der Waals surface area contributed by atoms with Gasteiger partial charge in [0.25, 0.3) is 5.91 Å². The second-order valence-electron chi connectivity index (χ2n) is 7.89. The van der Waals surface area contributed by atoms with Gasteiger partial charge in [-0.05, 0) is 53.9 Å². The van der Waals surface area contributed by atoms with Crippen LogP contribution >= 0.6 is 27.5 Å². The fourth-order valence-corrected chi connectivity index (χ4v) is 3.86. The highest BCUT2D eigenvalue weighted by Crippen LogP contribution is 2.19. The van der Waals surface area contributed by atoms with Crippen LogP contribution in [-0.2, 0) is 22.6 Å². The lowest BCUT2D eigenvalue weighted by molar-refractivity contribution is -0.142. The minimum Gasteiger partial charge on any atom is -0.484 e. The van der Waals surface area contributed by atoms with Gasteiger partial charge in [0.15, 0.2) is 6.61 Å². The smallest absolute Gasteiger partial charge is 0.261 e. The first-order valence-corrected chi connectivity index (χ1v) is 12.4. The van der Waals surface area contributed by atoms with Gasteiger partial charge in [0, 0.05) is 29.0 Å². The molecular formula is C27H28BrClN2O3. The predicted molar refractivity (Wildman–Crippen MR) is 139 cm³/mol. The van der Waals surface area contributed by atoms with E-state index < -0.39 is 6.04 Å². The highest BCUT2D eigenvalue weighted by Gasteiger charge is 2.30. The van der Waals surface area contributed by atoms with E-state index in [0.29, 0.717) is 23.7 Å². The molecule has 3 rings (SSSR count). The Bertz CT molecular complexity index is 1060. The summed E-state index contributed by atoms with van der Waals surface area (Å²) in [7, 11) is 0. The fraction of sp³-hybridized carbons (Fsp3) is 0.259. The molecule has 0 spiro atoms. The first kappa shape index (κ1) is 25.8. The number of hydrogen-bond donors (Lipinski definition) is 1. The molecule has 1 atom stereocenters. The maximum atomic E-state index is 13.5. The molecule has 34 heavy (non-hydrogen) atoms. The van der Waals surface area contributed by atoms with E-state index in [1.807, 2.05) is 61.5 Å². The molecule has 0 bridgehead atoms. The second-order valence-corrected chi connectivity index (χ2v) is 9.24. The summed E-state index contributed by atoms with van der Waals surface area (Å²) in [5.41, 5.74) is 1.90. The molecule has 0 saturated carbocycles. The van der Waals surface area contributed by atoms with E-state index in [-0.39, 0.29) is 25.0 Å². The number of carbonyl (C=O) groups excluding carboxylic acids is 2. The zero-order valence-corrected chi connectivity index (χ0v) is 21.4. The third-order valence-corrected chi connectivity index (χ3v) is 6.04. The van der Waals surface area contributed by atoms with Crippen LogP contribution in [0.1, 0.15) is 24.5 Å². The second kappa shape index (κ2) is 13.2. The van der Waals surface area contributed by atoms with Gasteiger partial charge in [-0.25, -0.2) is 0 Å². The van der Waals surface area contributed by atoms with Crippen LogP contribution in [0.5, 0.6) is 5.75 Å². The van der Waals surface area contributed by atoms with Gasteiger partial charge in [-0.1, -0.05) is 76.9 Å². The van der Waals surface area contributed by atoms with Crippen molar-refractivity contribution in [2.24, 2.45) is 0 Å². The van der Waals surface area contributed by atoms with Crippen LogP contribution in [-0.4, -0.2) is 35.9 Å². The third kappa shape index (κ3) is 7.89. The first-order chi connectivity index (χ1) is 16.5. The molecule has 0 aliphatic heterocycles. The van der Waals surface area contributed by atoms with Crippen LogP contribution in [0.2, 0.25) is 5.02 Å². The Balaban J connectivity index is 1.87. The third-order valence-electron chi connectivity index (χ3n) is 5.26. The van der Waals surface area contributed by atoms with Gasteiger partial charge in [-0.15, -0.1) is 0 Å². The summed E-state index contributed by atoms with van der Waals surface area (Å²) in [4.78, 5) is 28.3. The van der Waals surface area contributed by atoms with Crippen molar-refractivity contribution in [3.63, 3.8) is 0 Å². The van der Waals surface area contributed by atoms with E-state index in [9.17, 15) is 9.59 Å². The van der Waals surface area contributed by atoms with Gasteiger partial charge in [0.2, 0.25) is 5.91 Å². The molecule has 0 saturated heterocycles. The molecule has 1 N–H and O–H groups in total. The van der Waals surface area contributed by atoms with Crippen molar-refractivity contribution in [1.29, 1.82) is 0 Å². The number of halogens is 2. The molecule has 7 heteroatoms. The number of amides is 2. The van der Waals surface area contributed by atoms with Crippen molar-refractivity contribution >= 4 is 39.3 Å². The zero-order valence-electron chi connectivity index (χ0n) is 19.0. The monoisotopic (exact) mass is 542 g/mol. The minimum atomic E-state index is -0.682. The van der Waals surface area contributed by atoms with Gasteiger partial charge >= 0.3 is 0 Å². The van der Waals surface area contributed by atoms with Crippen LogP contribution in [0.3, 0.4) is 0 Å². The van der Waals surface area contributed by atoms with Gasteiger partial charge in [-0.2, -0.15) is 0 Å². The van der Waals surface area contributed by atoms with Crippen molar-refractivity contribution in [3.05, 3.63) is 99.5 Å². The SMILES string of the molecule is CCCNC(=O)C(Cc1ccccc1)N(Cc1ccc(Br)cc1)C(=O)COc1ccc(Cl)cc1. The molecule has 178 valence electrons. The molecule has 0 radical (unpaired) electrons. The highest BCUT2D eigenvalue weighted by atomic mass is 79.9. The molecule has 0 aliphatic carbocycles. The zero-order chi connectivity index (χ0) is 24.3. The lowest BCUT2D eigenvalue weighted by Crippen LogP contribution is -2.51. The molecule has 5 nitrogen and oxygen atoms in total. The van der Waals surface area contributed by atoms with E-state index in [0.717, 1.165) is 22.0 Å². The van der Waals surface area contributed by atoms with Crippen molar-refractivity contribution in [2.75, 3.05) is 13.2 Å². The van der Waals surface area contributed by atoms with Crippen LogP contribution in [0.25, 0.3) is 0 Å². The maximum Gasteiger partial charge on any atom is 0.261 e. The molecule has 1 unspecified atom stereocenters. The molecule has 3 aromatic rings. The van der Waals surface area contributed by atoms with Gasteiger partial charge in [0.1, 0.15) is 11.8 Å². The Morgan fingerprint density at radius 2 is 1.65 bits per heavy atom. The van der Waals surface area contributed by atoms with E-state index in [1.54, 1.807) is 29.2 Å². The average Bonchev–Trinajstić information content (AvgIpc) is 2.86. The fourth-order valence-electron chi connectivity index (χ4n) is 3.47. The molecular weight excluding hydrogens is 516 g/mol. The topological polar surface area (TPSA) is 58.6 Å². The van der Waals surface area contributed by atoms with Gasteiger partial charge in [0.05, 0.1) is 0 Å². The summed E-state index contributed by atoms with van der Waals surface area (Å²) in [6.07, 6.45) is 1.21. The van der Waals surface area contributed by atoms with E-state index in [1.165, 1.54) is 0 Å². The van der Waals surface area contributed by atoms with Crippen molar-refractivity contribution in [2.45, 2.75) is 32.4 Å². The highest BCUT2D eigenvalue weighted by molar-refractivity contribution is 9.10. The summed E-state index contributed by atoms with van der Waals surface area (Å²) < 4.78 is 6.68. The van der Waals surface area contributed by atoms with Crippen molar-refractivity contribution < 1.29 is 14.3 Å². The maximum absolute atomic E-state index is 13.5. The van der Waals surface area contributed by atoms with E-state index >= 15 is 0 Å². The number of hydrogen-bond acceptors (Lipinski definition) is 3. The Morgan fingerprint density at radius 3 is 2.29 bits per heavy atom. The molecule has 3 aromatic carbocycles. The minimum absolute atomic E-state index is 0.178. The normalized spacial score (nSPS) is 11.5. The largest absolute Gasteiger partial charge is 0.484 e. The lowest BCUT2D eigenvalue weighted by Gasteiger charge is -2.31. The lowest BCUT2D eigenvalue weighted by atomic mass is 10.0. The summed E-state index contributed by atoms with van der Waals surface area (Å²) in [6, 6.07) is 23.6. The summed E-state index contributed by atoms with van der Waals surface area (Å²) >= 11 is 9.39. The standard InChI is InChI=1S/C27H28BrClN2O3/c1-2-16-30-27(33)25(17-20-6-4-3-5-7-20)31(18-21-8-10-22(28)11-9-21)26(32)19-34-24-14-12-23(29)13-15-24/h3-15,25H,2,16-19H2,1H3,(H,30,33). The number of nitrogens with one attached hydrogen (secondary N) is 1. The molecule has 0 heterocycles. The number of carbonyl (C=O) groups is 2. The summed E-state index contributed by atoms with van der Waals surface area (Å²) in [6.45, 7) is 2.64. The number of benzene rings is 3. The predicted octanol–water partition coefficient (Wildman–Crippen LogP) is 5.65. The summed E-state index contributed by atoms with van der Waals surface area (Å²) in [5.74, 6) is 0.0875. The molecule has 0 aliphatic rings. The summed E-state index contributed by atoms with van der Waals surface area (Å²) in [5, 5.41) is 3.56. The van der Waals surface area contributed by atoms with Gasteiger partial charge < -0.3 is 15.0 Å². The van der Waals surface area contributed by atoms with Crippen molar-refractivity contribution in [3.8, 4) is 5.75 Å². The van der Waals surface area contributed by atoms with Crippen LogP contribution in [0.15, 0.2) is 83.3 Å².